The molecule has 0 spiro atoms. The number of carbonyl (C=O) groups excluding carboxylic acids is 1. The summed E-state index contributed by atoms with van der Waals surface area (Å²) in [5, 5.41) is 13.3. The van der Waals surface area contributed by atoms with Gasteiger partial charge in [0, 0.05) is 19.2 Å². The maximum Gasteiger partial charge on any atom is 0.157 e. The zero-order chi connectivity index (χ0) is 22.5. The average Bonchev–Trinajstić information content (AvgIpc) is 3.37. The molecule has 0 aliphatic heterocycles. The predicted octanol–water partition coefficient (Wildman–Crippen LogP) is 5.25. The summed E-state index contributed by atoms with van der Waals surface area (Å²) in [6.07, 6.45) is 14.7. The molecule has 4 fully saturated rings. The van der Waals surface area contributed by atoms with Gasteiger partial charge in [0.05, 0.1) is 24.9 Å². The number of carbonyl (C=O) groups is 1. The SMILES string of the molecule is COCC12CCC(C)CC1CC[C@H]1C3CCC(C(=O)Cn4cc(C#N)cn4)C3(C)CCC12. The number of fused-ring (bicyclic) bond motifs is 5. The van der Waals surface area contributed by atoms with E-state index in [0.29, 0.717) is 29.2 Å². The van der Waals surface area contributed by atoms with Crippen molar-refractivity contribution in [2.24, 2.45) is 46.3 Å². The van der Waals surface area contributed by atoms with Crippen molar-refractivity contribution in [1.82, 2.24) is 9.78 Å². The highest BCUT2D eigenvalue weighted by Crippen LogP contribution is 2.68. The molecule has 4 aliphatic rings. The molecule has 0 bridgehead atoms. The van der Waals surface area contributed by atoms with Crippen molar-refractivity contribution in [3.8, 4) is 6.07 Å². The summed E-state index contributed by atoms with van der Waals surface area (Å²) < 4.78 is 7.57. The van der Waals surface area contributed by atoms with E-state index in [0.717, 1.165) is 36.7 Å². The van der Waals surface area contributed by atoms with Crippen LogP contribution in [0.1, 0.15) is 77.2 Å². The highest BCUT2D eigenvalue weighted by atomic mass is 16.5. The summed E-state index contributed by atoms with van der Waals surface area (Å²) in [6.45, 7) is 6.09. The third kappa shape index (κ3) is 3.36. The molecule has 8 atom stereocenters. The first-order valence-corrected chi connectivity index (χ1v) is 12.9. The van der Waals surface area contributed by atoms with E-state index < -0.39 is 0 Å². The number of methoxy groups -OCH3 is 1. The second-order valence-electron chi connectivity index (χ2n) is 11.9. The molecule has 0 saturated heterocycles. The van der Waals surface area contributed by atoms with Gasteiger partial charge in [0.15, 0.2) is 5.78 Å². The van der Waals surface area contributed by atoms with Crippen molar-refractivity contribution in [2.45, 2.75) is 78.2 Å². The van der Waals surface area contributed by atoms with Crippen LogP contribution in [0.4, 0.5) is 0 Å². The number of ketones is 1. The minimum absolute atomic E-state index is 0.118. The van der Waals surface area contributed by atoms with Crippen LogP contribution in [0.3, 0.4) is 0 Å². The van der Waals surface area contributed by atoms with E-state index in [1.807, 2.05) is 7.11 Å². The van der Waals surface area contributed by atoms with Gasteiger partial charge >= 0.3 is 0 Å². The minimum Gasteiger partial charge on any atom is -0.384 e. The second kappa shape index (κ2) is 8.28. The maximum absolute atomic E-state index is 13.4. The first-order chi connectivity index (χ1) is 15.4. The van der Waals surface area contributed by atoms with Gasteiger partial charge in [0.2, 0.25) is 0 Å². The standard InChI is InChI=1S/C27H39N3O2/c1-18-8-11-27(17-32-3)20(12-18)4-5-21-22-6-7-24(26(22,2)10-9-23(21)27)25(31)16-30-15-19(13-28)14-29-30/h14-15,18,20-24H,4-12,16-17H2,1-3H3/t18?,20?,21-,22?,23?,24?,26?,27?/m0/s1. The fraction of sp³-hybridized carbons (Fsp3) is 0.815. The lowest BCUT2D eigenvalue weighted by atomic mass is 9.44. The van der Waals surface area contributed by atoms with Crippen LogP contribution < -0.4 is 0 Å². The van der Waals surface area contributed by atoms with Crippen LogP contribution >= 0.6 is 0 Å². The van der Waals surface area contributed by atoms with Crippen molar-refractivity contribution >= 4 is 5.78 Å². The number of ether oxygens (including phenoxy) is 1. The number of hydrogen-bond donors (Lipinski definition) is 0. The molecule has 5 rings (SSSR count). The van der Waals surface area contributed by atoms with E-state index in [9.17, 15) is 4.79 Å². The number of nitrogens with zero attached hydrogens (tertiary/aromatic N) is 3. The van der Waals surface area contributed by atoms with Crippen molar-refractivity contribution in [3.63, 3.8) is 0 Å². The molecular formula is C27H39N3O2. The molecule has 1 heterocycles. The molecule has 174 valence electrons. The number of Topliss-reactive ketones (excluding diaryl/α,β-unsaturated/α-hetero) is 1. The Morgan fingerprint density at radius 1 is 1.22 bits per heavy atom. The molecule has 5 nitrogen and oxygen atoms in total. The topological polar surface area (TPSA) is 67.9 Å². The molecule has 4 saturated carbocycles. The normalized spacial score (nSPS) is 43.1. The van der Waals surface area contributed by atoms with Gasteiger partial charge in [0.1, 0.15) is 6.07 Å². The molecule has 5 heteroatoms. The number of nitriles is 1. The third-order valence-electron chi connectivity index (χ3n) is 10.5. The molecule has 0 radical (unpaired) electrons. The molecule has 32 heavy (non-hydrogen) atoms. The fourth-order valence-electron chi connectivity index (χ4n) is 9.12. The van der Waals surface area contributed by atoms with Crippen molar-refractivity contribution in [2.75, 3.05) is 13.7 Å². The van der Waals surface area contributed by atoms with Crippen molar-refractivity contribution < 1.29 is 9.53 Å². The number of hydrogen-bond acceptors (Lipinski definition) is 4. The zero-order valence-corrected chi connectivity index (χ0v) is 20.1. The molecule has 4 aliphatic carbocycles. The van der Waals surface area contributed by atoms with Gasteiger partial charge in [-0.15, -0.1) is 0 Å². The molecular weight excluding hydrogens is 398 g/mol. The summed E-state index contributed by atoms with van der Waals surface area (Å²) in [4.78, 5) is 13.4. The Morgan fingerprint density at radius 2 is 2.06 bits per heavy atom. The smallest absolute Gasteiger partial charge is 0.157 e. The monoisotopic (exact) mass is 437 g/mol. The van der Waals surface area contributed by atoms with Gasteiger partial charge in [-0.3, -0.25) is 9.48 Å². The lowest BCUT2D eigenvalue weighted by Gasteiger charge is -2.61. The quantitative estimate of drug-likeness (QED) is 0.631. The van der Waals surface area contributed by atoms with Gasteiger partial charge < -0.3 is 4.74 Å². The summed E-state index contributed by atoms with van der Waals surface area (Å²) >= 11 is 0. The Hall–Kier alpha value is -1.67. The van der Waals surface area contributed by atoms with E-state index in [2.05, 4.69) is 25.0 Å². The summed E-state index contributed by atoms with van der Waals surface area (Å²) in [7, 11) is 1.90. The van der Waals surface area contributed by atoms with E-state index in [4.69, 9.17) is 10.00 Å². The third-order valence-corrected chi connectivity index (χ3v) is 10.5. The fourth-order valence-corrected chi connectivity index (χ4v) is 9.12. The van der Waals surface area contributed by atoms with Crippen LogP contribution in [0.2, 0.25) is 0 Å². The lowest BCUT2D eigenvalue weighted by molar-refractivity contribution is -0.154. The summed E-state index contributed by atoms with van der Waals surface area (Å²) in [6, 6.07) is 2.11. The Bertz CT molecular complexity index is 903. The molecule has 1 aromatic rings. The van der Waals surface area contributed by atoms with E-state index in [-0.39, 0.29) is 11.3 Å². The van der Waals surface area contributed by atoms with Gasteiger partial charge in [0.25, 0.3) is 0 Å². The molecule has 0 N–H and O–H groups in total. The minimum atomic E-state index is 0.118. The molecule has 0 aromatic carbocycles. The molecule has 0 amide bonds. The Balaban J connectivity index is 1.36. The van der Waals surface area contributed by atoms with E-state index >= 15 is 0 Å². The lowest BCUT2D eigenvalue weighted by Crippen LogP contribution is -2.56. The van der Waals surface area contributed by atoms with Crippen LogP contribution in [-0.4, -0.2) is 29.3 Å². The molecule has 7 unspecified atom stereocenters. The first-order valence-electron chi connectivity index (χ1n) is 12.9. The van der Waals surface area contributed by atoms with Crippen LogP contribution in [0, 0.1) is 57.7 Å². The second-order valence-corrected chi connectivity index (χ2v) is 11.9. The number of aromatic nitrogens is 2. The van der Waals surface area contributed by atoms with E-state index in [1.165, 1.54) is 51.4 Å². The highest BCUT2D eigenvalue weighted by Gasteiger charge is 2.62. The van der Waals surface area contributed by atoms with E-state index in [1.54, 1.807) is 17.1 Å². The maximum atomic E-state index is 13.4. The van der Waals surface area contributed by atoms with Crippen molar-refractivity contribution in [3.05, 3.63) is 18.0 Å². The number of rotatable bonds is 5. The van der Waals surface area contributed by atoms with Crippen LogP contribution in [0.15, 0.2) is 12.4 Å². The van der Waals surface area contributed by atoms with Crippen LogP contribution in [0.5, 0.6) is 0 Å². The Morgan fingerprint density at radius 3 is 2.81 bits per heavy atom. The van der Waals surface area contributed by atoms with Gasteiger partial charge in [-0.25, -0.2) is 0 Å². The van der Waals surface area contributed by atoms with Gasteiger partial charge in [-0.1, -0.05) is 20.3 Å². The van der Waals surface area contributed by atoms with Gasteiger partial charge in [-0.2, -0.15) is 10.4 Å². The van der Waals surface area contributed by atoms with Gasteiger partial charge in [-0.05, 0) is 91.8 Å². The zero-order valence-electron chi connectivity index (χ0n) is 20.1. The van der Waals surface area contributed by atoms with Crippen molar-refractivity contribution in [1.29, 1.82) is 5.26 Å². The summed E-state index contributed by atoms with van der Waals surface area (Å²) in [5.74, 6) is 4.30. The average molecular weight is 438 g/mol. The largest absolute Gasteiger partial charge is 0.384 e. The molecule has 1 aromatic heterocycles. The Kier molecular flexibility index (Phi) is 5.73. The van der Waals surface area contributed by atoms with Crippen LogP contribution in [0.25, 0.3) is 0 Å². The highest BCUT2D eigenvalue weighted by molar-refractivity contribution is 5.82. The Labute approximate surface area is 192 Å². The summed E-state index contributed by atoms with van der Waals surface area (Å²) in [5.41, 5.74) is 1.01. The predicted molar refractivity (Wildman–Crippen MR) is 123 cm³/mol. The van der Waals surface area contributed by atoms with Crippen LogP contribution in [-0.2, 0) is 16.1 Å². The first kappa shape index (κ1) is 22.1.